The first-order valence-electron chi connectivity index (χ1n) is 6.57. The maximum atomic E-state index is 9.46. The fourth-order valence-electron chi connectivity index (χ4n) is 3.22. The zero-order valence-electron chi connectivity index (χ0n) is 10.0. The van der Waals surface area contributed by atoms with Crippen LogP contribution in [0.25, 0.3) is 0 Å². The summed E-state index contributed by atoms with van der Waals surface area (Å²) in [6.07, 6.45) is 10.8. The van der Waals surface area contributed by atoms with E-state index in [1.165, 1.54) is 51.4 Å². The van der Waals surface area contributed by atoms with Gasteiger partial charge in [-0.2, -0.15) is 0 Å². The highest BCUT2D eigenvalue weighted by molar-refractivity contribution is 4.90. The third-order valence-electron chi connectivity index (χ3n) is 4.53. The Balaban J connectivity index is 1.82. The SMILES string of the molecule is CN(CC1(CO)CCC1)C1CCCCC1. The molecule has 0 aromatic rings. The molecule has 2 saturated carbocycles. The summed E-state index contributed by atoms with van der Waals surface area (Å²) in [4.78, 5) is 2.52. The van der Waals surface area contributed by atoms with Gasteiger partial charge in [-0.25, -0.2) is 0 Å². The predicted octanol–water partition coefficient (Wildman–Crippen LogP) is 2.41. The molecule has 0 heterocycles. The Kier molecular flexibility index (Phi) is 3.68. The van der Waals surface area contributed by atoms with E-state index >= 15 is 0 Å². The predicted molar refractivity (Wildman–Crippen MR) is 62.9 cm³/mol. The lowest BCUT2D eigenvalue weighted by atomic mass is 9.69. The Morgan fingerprint density at radius 2 is 1.80 bits per heavy atom. The molecule has 2 rings (SSSR count). The van der Waals surface area contributed by atoms with Crippen molar-refractivity contribution in [3.05, 3.63) is 0 Å². The second-order valence-corrected chi connectivity index (χ2v) is 5.72. The number of nitrogens with zero attached hydrogens (tertiary/aromatic N) is 1. The van der Waals surface area contributed by atoms with Crippen LogP contribution in [0.4, 0.5) is 0 Å². The van der Waals surface area contributed by atoms with Gasteiger partial charge in [0.2, 0.25) is 0 Å². The topological polar surface area (TPSA) is 23.5 Å². The summed E-state index contributed by atoms with van der Waals surface area (Å²) >= 11 is 0. The zero-order valence-corrected chi connectivity index (χ0v) is 10.0. The van der Waals surface area contributed by atoms with Gasteiger partial charge in [0.25, 0.3) is 0 Å². The van der Waals surface area contributed by atoms with Crippen LogP contribution in [0.5, 0.6) is 0 Å². The van der Waals surface area contributed by atoms with Crippen molar-refractivity contribution < 1.29 is 5.11 Å². The summed E-state index contributed by atoms with van der Waals surface area (Å²) in [5, 5.41) is 9.46. The number of aliphatic hydroxyl groups excluding tert-OH is 1. The largest absolute Gasteiger partial charge is 0.396 e. The summed E-state index contributed by atoms with van der Waals surface area (Å²) in [5.41, 5.74) is 0.270. The van der Waals surface area contributed by atoms with Gasteiger partial charge in [-0.1, -0.05) is 25.7 Å². The second-order valence-electron chi connectivity index (χ2n) is 5.72. The van der Waals surface area contributed by atoms with Gasteiger partial charge in [-0.15, -0.1) is 0 Å². The van der Waals surface area contributed by atoms with Crippen LogP contribution < -0.4 is 0 Å². The molecule has 0 saturated heterocycles. The first kappa shape index (κ1) is 11.4. The van der Waals surface area contributed by atoms with Crippen LogP contribution in [0.1, 0.15) is 51.4 Å². The third-order valence-corrected chi connectivity index (χ3v) is 4.53. The summed E-state index contributed by atoms with van der Waals surface area (Å²) in [6, 6.07) is 0.794. The fraction of sp³-hybridized carbons (Fsp3) is 1.00. The van der Waals surface area contributed by atoms with Crippen LogP contribution in [0.3, 0.4) is 0 Å². The first-order valence-corrected chi connectivity index (χ1v) is 6.57. The lowest BCUT2D eigenvalue weighted by Gasteiger charge is -2.45. The molecule has 2 nitrogen and oxygen atoms in total. The van der Waals surface area contributed by atoms with Gasteiger partial charge in [0.15, 0.2) is 0 Å². The second kappa shape index (κ2) is 4.84. The molecule has 2 aliphatic carbocycles. The Morgan fingerprint density at radius 1 is 1.13 bits per heavy atom. The highest BCUT2D eigenvalue weighted by Gasteiger charge is 2.38. The van der Waals surface area contributed by atoms with E-state index in [-0.39, 0.29) is 5.41 Å². The number of hydrogen-bond acceptors (Lipinski definition) is 2. The molecule has 88 valence electrons. The minimum Gasteiger partial charge on any atom is -0.396 e. The average Bonchev–Trinajstić information content (AvgIpc) is 2.24. The Morgan fingerprint density at radius 3 is 2.27 bits per heavy atom. The van der Waals surface area contributed by atoms with Gasteiger partial charge in [-0.05, 0) is 32.7 Å². The standard InChI is InChI=1S/C13H25NO/c1-14(12-6-3-2-4-7-12)10-13(11-15)8-5-9-13/h12,15H,2-11H2,1H3. The van der Waals surface area contributed by atoms with Crippen molar-refractivity contribution in [3.8, 4) is 0 Å². The van der Waals surface area contributed by atoms with Gasteiger partial charge in [0.05, 0.1) is 0 Å². The molecular formula is C13H25NO. The average molecular weight is 211 g/mol. The minimum absolute atomic E-state index is 0.270. The van der Waals surface area contributed by atoms with Crippen molar-refractivity contribution in [2.45, 2.75) is 57.4 Å². The van der Waals surface area contributed by atoms with Crippen molar-refractivity contribution in [2.24, 2.45) is 5.41 Å². The molecule has 2 aliphatic rings. The quantitative estimate of drug-likeness (QED) is 0.772. The summed E-state index contributed by atoms with van der Waals surface area (Å²) in [6.45, 7) is 1.51. The number of hydrogen-bond donors (Lipinski definition) is 1. The maximum absolute atomic E-state index is 9.46. The van der Waals surface area contributed by atoms with E-state index in [0.717, 1.165) is 12.6 Å². The van der Waals surface area contributed by atoms with Crippen molar-refractivity contribution >= 4 is 0 Å². The van der Waals surface area contributed by atoms with E-state index < -0.39 is 0 Å². The van der Waals surface area contributed by atoms with Crippen LogP contribution in [0.2, 0.25) is 0 Å². The van der Waals surface area contributed by atoms with E-state index in [4.69, 9.17) is 0 Å². The molecule has 0 amide bonds. The number of rotatable bonds is 4. The Labute approximate surface area is 93.7 Å². The van der Waals surface area contributed by atoms with Gasteiger partial charge in [0, 0.05) is 24.6 Å². The molecule has 1 N–H and O–H groups in total. The van der Waals surface area contributed by atoms with Gasteiger partial charge >= 0.3 is 0 Å². The maximum Gasteiger partial charge on any atom is 0.0499 e. The van der Waals surface area contributed by atoms with E-state index in [1.807, 2.05) is 0 Å². The highest BCUT2D eigenvalue weighted by atomic mass is 16.3. The highest BCUT2D eigenvalue weighted by Crippen LogP contribution is 2.41. The Bertz CT molecular complexity index is 189. The van der Waals surface area contributed by atoms with Crippen LogP contribution >= 0.6 is 0 Å². The molecule has 15 heavy (non-hydrogen) atoms. The third kappa shape index (κ3) is 2.54. The van der Waals surface area contributed by atoms with Crippen LogP contribution in [-0.2, 0) is 0 Å². The molecule has 2 fully saturated rings. The van der Waals surface area contributed by atoms with E-state index in [1.54, 1.807) is 0 Å². The lowest BCUT2D eigenvalue weighted by molar-refractivity contribution is -0.000572. The zero-order chi connectivity index (χ0) is 10.7. The van der Waals surface area contributed by atoms with E-state index in [2.05, 4.69) is 11.9 Å². The van der Waals surface area contributed by atoms with Crippen LogP contribution in [0, 0.1) is 5.41 Å². The first-order chi connectivity index (χ1) is 7.26. The van der Waals surface area contributed by atoms with Crippen molar-refractivity contribution in [3.63, 3.8) is 0 Å². The summed E-state index contributed by atoms with van der Waals surface area (Å²) in [5.74, 6) is 0. The summed E-state index contributed by atoms with van der Waals surface area (Å²) < 4.78 is 0. The fourth-order valence-corrected chi connectivity index (χ4v) is 3.22. The van der Waals surface area contributed by atoms with E-state index in [9.17, 15) is 5.11 Å². The van der Waals surface area contributed by atoms with E-state index in [0.29, 0.717) is 6.61 Å². The normalized spacial score (nSPS) is 26.6. The Hall–Kier alpha value is -0.0800. The van der Waals surface area contributed by atoms with Gasteiger partial charge < -0.3 is 10.0 Å². The van der Waals surface area contributed by atoms with Crippen molar-refractivity contribution in [1.82, 2.24) is 4.90 Å². The summed E-state index contributed by atoms with van der Waals surface area (Å²) in [7, 11) is 2.26. The minimum atomic E-state index is 0.270. The molecule has 0 unspecified atom stereocenters. The molecule has 0 aromatic carbocycles. The molecule has 0 atom stereocenters. The van der Waals surface area contributed by atoms with Gasteiger partial charge in [0.1, 0.15) is 0 Å². The molecular weight excluding hydrogens is 186 g/mol. The molecule has 0 bridgehead atoms. The molecule has 2 heteroatoms. The monoisotopic (exact) mass is 211 g/mol. The van der Waals surface area contributed by atoms with Crippen LogP contribution in [0.15, 0.2) is 0 Å². The lowest BCUT2D eigenvalue weighted by Crippen LogP contribution is -2.47. The van der Waals surface area contributed by atoms with Crippen molar-refractivity contribution in [2.75, 3.05) is 20.2 Å². The molecule has 0 spiro atoms. The van der Waals surface area contributed by atoms with Crippen LogP contribution in [-0.4, -0.2) is 36.2 Å². The smallest absolute Gasteiger partial charge is 0.0499 e. The molecule has 0 aromatic heterocycles. The molecule has 0 aliphatic heterocycles. The molecule has 0 radical (unpaired) electrons. The van der Waals surface area contributed by atoms with Gasteiger partial charge in [-0.3, -0.25) is 0 Å². The number of aliphatic hydroxyl groups is 1. The van der Waals surface area contributed by atoms with Crippen molar-refractivity contribution in [1.29, 1.82) is 0 Å².